The van der Waals surface area contributed by atoms with Crippen LogP contribution in [0.4, 0.5) is 17.6 Å². The zero-order chi connectivity index (χ0) is 23.3. The fourth-order valence-electron chi connectivity index (χ4n) is 3.96. The van der Waals surface area contributed by atoms with Crippen molar-refractivity contribution in [3.05, 3.63) is 53.4 Å². The third kappa shape index (κ3) is 8.40. The molecule has 1 heterocycles. The Kier molecular flexibility index (Phi) is 11.5. The maximum atomic E-state index is 12.7. The van der Waals surface area contributed by atoms with Crippen molar-refractivity contribution in [2.45, 2.75) is 77.6 Å². The summed E-state index contributed by atoms with van der Waals surface area (Å²) < 4.78 is 54.7. The number of hydrogen-bond donors (Lipinski definition) is 0. The maximum Gasteiger partial charge on any atom is 0.190 e. The summed E-state index contributed by atoms with van der Waals surface area (Å²) in [4.78, 5) is 9.13. The minimum atomic E-state index is -1.02. The van der Waals surface area contributed by atoms with Crippen LogP contribution in [-0.2, 0) is 6.42 Å². The number of alkyl halides is 1. The summed E-state index contributed by atoms with van der Waals surface area (Å²) >= 11 is 0. The summed E-state index contributed by atoms with van der Waals surface area (Å²) in [5, 5.41) is 0. The molecule has 1 aliphatic carbocycles. The predicted octanol–water partition coefficient (Wildman–Crippen LogP) is 7.35. The van der Waals surface area contributed by atoms with Gasteiger partial charge in [0.1, 0.15) is 11.6 Å². The number of ether oxygens (including phenoxy) is 1. The molecule has 0 amide bonds. The SMILES string of the molecule is CCCCCc1cnc(C2CCC(CCF)CC2)nc1.CCOc1c(F)cc(F)cc1F. The van der Waals surface area contributed by atoms with E-state index in [1.807, 2.05) is 12.4 Å². The van der Waals surface area contributed by atoms with Crippen LogP contribution in [0.5, 0.6) is 5.75 Å². The molecule has 0 bridgehead atoms. The van der Waals surface area contributed by atoms with Gasteiger partial charge in [0.2, 0.25) is 0 Å². The Morgan fingerprint density at radius 2 is 1.56 bits per heavy atom. The van der Waals surface area contributed by atoms with Crippen LogP contribution >= 0.6 is 0 Å². The van der Waals surface area contributed by atoms with Crippen molar-refractivity contribution in [1.82, 2.24) is 9.97 Å². The molecule has 2 aromatic rings. The van der Waals surface area contributed by atoms with E-state index in [9.17, 15) is 17.6 Å². The lowest BCUT2D eigenvalue weighted by Crippen LogP contribution is -2.15. The third-order valence-corrected chi connectivity index (χ3v) is 5.78. The van der Waals surface area contributed by atoms with E-state index in [1.54, 1.807) is 6.92 Å². The Morgan fingerprint density at radius 3 is 2.09 bits per heavy atom. The van der Waals surface area contributed by atoms with Crippen LogP contribution in [0.25, 0.3) is 0 Å². The van der Waals surface area contributed by atoms with E-state index in [0.29, 0.717) is 24.0 Å². The Bertz CT molecular complexity index is 770. The van der Waals surface area contributed by atoms with Gasteiger partial charge in [0, 0.05) is 30.4 Å². The lowest BCUT2D eigenvalue weighted by Gasteiger charge is -2.26. The number of unbranched alkanes of at least 4 members (excludes halogenated alkanes) is 2. The van der Waals surface area contributed by atoms with Crippen molar-refractivity contribution in [1.29, 1.82) is 0 Å². The van der Waals surface area contributed by atoms with Gasteiger partial charge in [-0.05, 0) is 63.4 Å². The van der Waals surface area contributed by atoms with Crippen molar-refractivity contribution < 1.29 is 22.3 Å². The molecule has 1 saturated carbocycles. The molecular weight excluding hydrogens is 420 g/mol. The number of rotatable bonds is 9. The monoisotopic (exact) mass is 454 g/mol. The Morgan fingerprint density at radius 1 is 0.938 bits per heavy atom. The number of halogens is 4. The van der Waals surface area contributed by atoms with Crippen LogP contribution in [-0.4, -0.2) is 23.2 Å². The van der Waals surface area contributed by atoms with Crippen LogP contribution in [0.3, 0.4) is 0 Å². The Balaban J connectivity index is 0.000000258. The zero-order valence-corrected chi connectivity index (χ0v) is 19.1. The van der Waals surface area contributed by atoms with E-state index in [-0.39, 0.29) is 13.3 Å². The van der Waals surface area contributed by atoms with Gasteiger partial charge in [0.25, 0.3) is 0 Å². The molecule has 0 spiro atoms. The van der Waals surface area contributed by atoms with E-state index in [2.05, 4.69) is 21.6 Å². The van der Waals surface area contributed by atoms with Gasteiger partial charge in [-0.15, -0.1) is 0 Å². The Labute approximate surface area is 188 Å². The lowest BCUT2D eigenvalue weighted by atomic mass is 9.80. The molecule has 0 radical (unpaired) electrons. The number of aryl methyl sites for hydroxylation is 1. The summed E-state index contributed by atoms with van der Waals surface area (Å²) in [6.07, 6.45) is 14.1. The molecule has 3 nitrogen and oxygen atoms in total. The number of benzene rings is 1. The molecule has 32 heavy (non-hydrogen) atoms. The average Bonchev–Trinajstić information content (AvgIpc) is 2.78. The molecular formula is C25H34F4N2O. The van der Waals surface area contributed by atoms with E-state index >= 15 is 0 Å². The molecule has 1 fully saturated rings. The largest absolute Gasteiger partial charge is 0.488 e. The third-order valence-electron chi connectivity index (χ3n) is 5.78. The fraction of sp³-hybridized carbons (Fsp3) is 0.600. The molecule has 1 aliphatic rings. The molecule has 7 heteroatoms. The Hall–Kier alpha value is -2.18. The summed E-state index contributed by atoms with van der Waals surface area (Å²) in [6.45, 7) is 3.78. The highest BCUT2D eigenvalue weighted by Gasteiger charge is 2.23. The van der Waals surface area contributed by atoms with Gasteiger partial charge in [0.05, 0.1) is 13.3 Å². The fourth-order valence-corrected chi connectivity index (χ4v) is 3.96. The summed E-state index contributed by atoms with van der Waals surface area (Å²) in [5.74, 6) is -1.43. The first-order chi connectivity index (χ1) is 15.5. The molecule has 0 N–H and O–H groups in total. The number of hydrogen-bond acceptors (Lipinski definition) is 3. The maximum absolute atomic E-state index is 12.7. The van der Waals surface area contributed by atoms with Gasteiger partial charge in [-0.2, -0.15) is 0 Å². The first-order valence-electron chi connectivity index (χ1n) is 11.6. The predicted molar refractivity (Wildman–Crippen MR) is 118 cm³/mol. The highest BCUT2D eigenvalue weighted by molar-refractivity contribution is 5.26. The van der Waals surface area contributed by atoms with Gasteiger partial charge in [-0.1, -0.05) is 19.8 Å². The smallest absolute Gasteiger partial charge is 0.190 e. The quantitative estimate of drug-likeness (QED) is 0.294. The van der Waals surface area contributed by atoms with Gasteiger partial charge < -0.3 is 4.74 Å². The summed E-state index contributed by atoms with van der Waals surface area (Å²) in [7, 11) is 0. The van der Waals surface area contributed by atoms with Crippen LogP contribution in [0, 0.1) is 23.4 Å². The second-order valence-electron chi connectivity index (χ2n) is 8.23. The normalized spacial score (nSPS) is 18.1. The first kappa shape index (κ1) is 26.1. The molecule has 178 valence electrons. The van der Waals surface area contributed by atoms with Gasteiger partial charge in [-0.3, -0.25) is 4.39 Å². The van der Waals surface area contributed by atoms with Gasteiger partial charge in [0.15, 0.2) is 17.4 Å². The second kappa shape index (κ2) is 14.1. The van der Waals surface area contributed by atoms with E-state index in [1.165, 1.54) is 24.8 Å². The minimum absolute atomic E-state index is 0.138. The van der Waals surface area contributed by atoms with Crippen molar-refractivity contribution >= 4 is 0 Å². The molecule has 0 unspecified atom stereocenters. The van der Waals surface area contributed by atoms with Crippen molar-refractivity contribution in [2.75, 3.05) is 13.3 Å². The summed E-state index contributed by atoms with van der Waals surface area (Å²) in [5.41, 5.74) is 1.26. The zero-order valence-electron chi connectivity index (χ0n) is 19.1. The molecule has 0 saturated heterocycles. The molecule has 0 atom stereocenters. The summed E-state index contributed by atoms with van der Waals surface area (Å²) in [6, 6.07) is 1.15. The van der Waals surface area contributed by atoms with Crippen molar-refractivity contribution in [3.63, 3.8) is 0 Å². The van der Waals surface area contributed by atoms with Crippen molar-refractivity contribution in [3.8, 4) is 5.75 Å². The van der Waals surface area contributed by atoms with Crippen LogP contribution < -0.4 is 4.74 Å². The number of aromatic nitrogens is 2. The topological polar surface area (TPSA) is 35.0 Å². The van der Waals surface area contributed by atoms with E-state index in [4.69, 9.17) is 0 Å². The number of nitrogens with zero attached hydrogens (tertiary/aromatic N) is 2. The molecule has 0 aliphatic heterocycles. The highest BCUT2D eigenvalue weighted by Crippen LogP contribution is 2.35. The van der Waals surface area contributed by atoms with Gasteiger partial charge >= 0.3 is 0 Å². The van der Waals surface area contributed by atoms with Crippen LogP contribution in [0.2, 0.25) is 0 Å². The lowest BCUT2D eigenvalue weighted by molar-refractivity contribution is 0.279. The van der Waals surface area contributed by atoms with Crippen molar-refractivity contribution in [2.24, 2.45) is 5.92 Å². The standard InChI is InChI=1S/C17H27FN2.C8H7F3O/c1-2-3-4-5-15-12-19-17(20-13-15)16-8-6-14(7-9-16)10-11-18;1-2-12-8-6(10)3-5(9)4-7(8)11/h12-14,16H,2-11H2,1H3;3-4H,2H2,1H3. The van der Waals surface area contributed by atoms with E-state index in [0.717, 1.165) is 44.3 Å². The van der Waals surface area contributed by atoms with Gasteiger partial charge in [-0.25, -0.2) is 23.1 Å². The van der Waals surface area contributed by atoms with Crippen LogP contribution in [0.1, 0.15) is 82.5 Å². The first-order valence-corrected chi connectivity index (χ1v) is 11.6. The van der Waals surface area contributed by atoms with Crippen LogP contribution in [0.15, 0.2) is 24.5 Å². The molecule has 1 aromatic heterocycles. The highest BCUT2D eigenvalue weighted by atomic mass is 19.1. The minimum Gasteiger partial charge on any atom is -0.488 e. The van der Waals surface area contributed by atoms with E-state index < -0.39 is 23.2 Å². The molecule has 1 aromatic carbocycles. The molecule has 3 rings (SSSR count). The second-order valence-corrected chi connectivity index (χ2v) is 8.23. The average molecular weight is 455 g/mol.